The molecule has 4 rings (SSSR count). The van der Waals surface area contributed by atoms with Crippen molar-refractivity contribution in [1.29, 1.82) is 0 Å². The summed E-state index contributed by atoms with van der Waals surface area (Å²) in [6.45, 7) is -0.677. The SMILES string of the molecule is O=P(O)(O)OC1C(O)OC(COC(c2ccccc2)(c2ccccc2)c2ccccc2)C(OP(=O)(O)O)C1OP(=O)(O)O. The highest BCUT2D eigenvalue weighted by Gasteiger charge is 2.54. The number of aliphatic hydroxyl groups excluding tert-OH is 1. The highest BCUT2D eigenvalue weighted by molar-refractivity contribution is 7.47. The van der Waals surface area contributed by atoms with Crippen LogP contribution in [0.4, 0.5) is 0 Å². The summed E-state index contributed by atoms with van der Waals surface area (Å²) in [7, 11) is -16.6. The van der Waals surface area contributed by atoms with Gasteiger partial charge in [0, 0.05) is 0 Å². The summed E-state index contributed by atoms with van der Waals surface area (Å²) in [6, 6.07) is 26.5. The van der Waals surface area contributed by atoms with Gasteiger partial charge in [0.15, 0.2) is 6.29 Å². The van der Waals surface area contributed by atoms with Gasteiger partial charge < -0.3 is 43.9 Å². The molecule has 5 atom stereocenters. The third-order valence-electron chi connectivity index (χ3n) is 6.39. The van der Waals surface area contributed by atoms with Crippen LogP contribution in [0.5, 0.6) is 0 Å². The lowest BCUT2D eigenvalue weighted by atomic mass is 9.80. The van der Waals surface area contributed by atoms with E-state index < -0.39 is 66.4 Å². The topological polar surface area (TPSA) is 239 Å². The smallest absolute Gasteiger partial charge is 0.366 e. The predicted octanol–water partition coefficient (Wildman–Crippen LogP) is 2.15. The summed E-state index contributed by atoms with van der Waals surface area (Å²) in [5, 5.41) is 10.6. The van der Waals surface area contributed by atoms with Gasteiger partial charge in [-0.2, -0.15) is 0 Å². The largest absolute Gasteiger partial charge is 0.470 e. The zero-order valence-electron chi connectivity index (χ0n) is 22.0. The van der Waals surface area contributed by atoms with Crippen LogP contribution < -0.4 is 0 Å². The molecule has 0 radical (unpaired) electrons. The van der Waals surface area contributed by atoms with Gasteiger partial charge in [-0.05, 0) is 16.7 Å². The first kappa shape index (κ1) is 33.8. The van der Waals surface area contributed by atoms with E-state index >= 15 is 0 Å². The molecule has 1 saturated heterocycles. The maximum Gasteiger partial charge on any atom is 0.470 e. The Morgan fingerprint density at radius 1 is 0.581 bits per heavy atom. The number of ether oxygens (including phenoxy) is 2. The molecule has 3 aromatic rings. The van der Waals surface area contributed by atoms with Gasteiger partial charge in [0.05, 0.1) is 6.61 Å². The van der Waals surface area contributed by atoms with Crippen molar-refractivity contribution in [2.45, 2.75) is 36.3 Å². The molecule has 5 unspecified atom stereocenters. The normalized spacial score (nSPS) is 23.7. The van der Waals surface area contributed by atoms with Gasteiger partial charge in [-0.1, -0.05) is 91.0 Å². The van der Waals surface area contributed by atoms with E-state index in [4.69, 9.17) is 14.0 Å². The molecular formula is C25H29O15P3. The van der Waals surface area contributed by atoms with E-state index in [0.717, 1.165) is 0 Å². The molecule has 1 aliphatic heterocycles. The quantitative estimate of drug-likeness (QED) is 0.109. The summed E-state index contributed by atoms with van der Waals surface area (Å²) in [5.74, 6) is 0. The molecule has 0 amide bonds. The van der Waals surface area contributed by atoms with Gasteiger partial charge in [-0.15, -0.1) is 0 Å². The van der Waals surface area contributed by atoms with Gasteiger partial charge in [-0.25, -0.2) is 13.7 Å². The highest BCUT2D eigenvalue weighted by atomic mass is 31.2. The van der Waals surface area contributed by atoms with Crippen LogP contribution >= 0.6 is 23.5 Å². The molecule has 1 aliphatic rings. The van der Waals surface area contributed by atoms with Crippen LogP contribution in [-0.2, 0) is 42.3 Å². The molecule has 43 heavy (non-hydrogen) atoms. The maximum atomic E-state index is 12.0. The molecule has 7 N–H and O–H groups in total. The number of phosphoric acid groups is 3. The average Bonchev–Trinajstić information content (AvgIpc) is 2.93. The molecule has 1 fully saturated rings. The molecule has 0 spiro atoms. The van der Waals surface area contributed by atoms with Crippen LogP contribution in [0.1, 0.15) is 16.7 Å². The minimum Gasteiger partial charge on any atom is -0.366 e. The monoisotopic (exact) mass is 662 g/mol. The second kappa shape index (κ2) is 13.5. The van der Waals surface area contributed by atoms with Crippen LogP contribution in [0.15, 0.2) is 91.0 Å². The van der Waals surface area contributed by atoms with E-state index in [2.05, 4.69) is 9.05 Å². The molecule has 0 saturated carbocycles. The van der Waals surface area contributed by atoms with Crippen LogP contribution in [0, 0.1) is 0 Å². The van der Waals surface area contributed by atoms with E-state index in [1.54, 1.807) is 91.0 Å². The molecular weight excluding hydrogens is 633 g/mol. The Morgan fingerprint density at radius 3 is 1.30 bits per heavy atom. The molecule has 234 valence electrons. The zero-order valence-corrected chi connectivity index (χ0v) is 24.7. The Labute approximate surface area is 245 Å². The van der Waals surface area contributed by atoms with Crippen molar-refractivity contribution in [3.63, 3.8) is 0 Å². The Bertz CT molecular complexity index is 1380. The average molecular weight is 662 g/mol. The first-order valence-electron chi connectivity index (χ1n) is 12.4. The highest BCUT2D eigenvalue weighted by Crippen LogP contribution is 2.50. The summed E-state index contributed by atoms with van der Waals surface area (Å²) in [4.78, 5) is 57.0. The van der Waals surface area contributed by atoms with Crippen molar-refractivity contribution in [2.75, 3.05) is 6.61 Å². The van der Waals surface area contributed by atoms with Gasteiger partial charge in [0.25, 0.3) is 0 Å². The van der Waals surface area contributed by atoms with E-state index in [0.29, 0.717) is 16.7 Å². The third kappa shape index (κ3) is 8.74. The van der Waals surface area contributed by atoms with Crippen molar-refractivity contribution >= 4 is 23.5 Å². The fourth-order valence-corrected chi connectivity index (χ4v) is 6.51. The fourth-order valence-electron chi connectivity index (χ4n) is 4.84. The molecule has 1 heterocycles. The summed E-state index contributed by atoms with van der Waals surface area (Å²) in [5.41, 5.74) is 0.370. The van der Waals surface area contributed by atoms with Crippen molar-refractivity contribution < 1.29 is 71.2 Å². The van der Waals surface area contributed by atoms with Crippen LogP contribution in [0.3, 0.4) is 0 Å². The van der Waals surface area contributed by atoms with E-state index in [-0.39, 0.29) is 0 Å². The van der Waals surface area contributed by atoms with Gasteiger partial charge in [0.1, 0.15) is 30.0 Å². The first-order chi connectivity index (χ1) is 20.1. The lowest BCUT2D eigenvalue weighted by molar-refractivity contribution is -0.282. The van der Waals surface area contributed by atoms with E-state index in [1.165, 1.54) is 0 Å². The lowest BCUT2D eigenvalue weighted by Crippen LogP contribution is -2.61. The lowest BCUT2D eigenvalue weighted by Gasteiger charge is -2.45. The summed E-state index contributed by atoms with van der Waals surface area (Å²) >= 11 is 0. The van der Waals surface area contributed by atoms with Crippen molar-refractivity contribution in [3.8, 4) is 0 Å². The standard InChI is InChI=1S/C25H29O15P3/c26-24-23(40-43(33,34)35)22(39-42(30,31)32)21(38-41(27,28)29)20(37-24)16-36-25(17-10-4-1-5-11-17,18-12-6-2-7-13-18)19-14-8-3-9-15-19/h1-15,20-24,26H,16H2,(H2,27,28,29)(H2,30,31,32)(H2,33,34,35). The Kier molecular flexibility index (Phi) is 10.6. The minimum absolute atomic E-state index is 0.599. The number of hydrogen-bond acceptors (Lipinski definition) is 9. The predicted molar refractivity (Wildman–Crippen MR) is 147 cm³/mol. The van der Waals surface area contributed by atoms with Crippen molar-refractivity contribution in [3.05, 3.63) is 108 Å². The third-order valence-corrected chi connectivity index (χ3v) is 7.95. The van der Waals surface area contributed by atoms with Crippen LogP contribution in [-0.4, -0.2) is 71.8 Å². The van der Waals surface area contributed by atoms with Gasteiger partial charge in [0.2, 0.25) is 0 Å². The number of rotatable bonds is 12. The van der Waals surface area contributed by atoms with Crippen molar-refractivity contribution in [2.24, 2.45) is 0 Å². The molecule has 3 aromatic carbocycles. The molecule has 0 aromatic heterocycles. The second-order valence-corrected chi connectivity index (χ2v) is 12.9. The summed E-state index contributed by atoms with van der Waals surface area (Å²) in [6.07, 6.45) is -11.0. The molecule has 0 aliphatic carbocycles. The number of aliphatic hydroxyl groups is 1. The zero-order chi connectivity index (χ0) is 31.5. The fraction of sp³-hybridized carbons (Fsp3) is 0.280. The Hall–Kier alpha value is -2.13. The Balaban J connectivity index is 1.83. The minimum atomic E-state index is -5.56. The van der Waals surface area contributed by atoms with Crippen LogP contribution in [0.25, 0.3) is 0 Å². The molecule has 15 nitrogen and oxygen atoms in total. The summed E-state index contributed by atoms with van der Waals surface area (Å²) < 4.78 is 61.2. The van der Waals surface area contributed by atoms with Gasteiger partial charge >= 0.3 is 23.5 Å². The number of benzene rings is 3. The second-order valence-electron chi connectivity index (χ2n) is 9.34. The first-order valence-corrected chi connectivity index (χ1v) is 17.0. The van der Waals surface area contributed by atoms with Crippen molar-refractivity contribution in [1.82, 2.24) is 0 Å². The maximum absolute atomic E-state index is 12.0. The van der Waals surface area contributed by atoms with Crippen LogP contribution in [0.2, 0.25) is 0 Å². The Morgan fingerprint density at radius 2 is 0.930 bits per heavy atom. The van der Waals surface area contributed by atoms with E-state index in [1.807, 2.05) is 0 Å². The number of phosphoric ester groups is 3. The van der Waals surface area contributed by atoms with Gasteiger partial charge in [-0.3, -0.25) is 13.6 Å². The van der Waals surface area contributed by atoms with E-state index in [9.17, 15) is 48.2 Å². The molecule has 18 heteroatoms. The molecule has 0 bridgehead atoms. The number of hydrogen-bond donors (Lipinski definition) is 7.